The third-order valence-electron chi connectivity index (χ3n) is 6.86. The van der Waals surface area contributed by atoms with Crippen molar-refractivity contribution in [2.45, 2.75) is 38.6 Å². The Hall–Kier alpha value is -3.27. The minimum Gasteiger partial charge on any atom is -1.00 e. The average Bonchev–Trinajstić information content (AvgIpc) is 2.91. The number of anilines is 2. The second-order valence-corrected chi connectivity index (χ2v) is 10.5. The highest BCUT2D eigenvalue weighted by atomic mass is 35.5. The van der Waals surface area contributed by atoms with Crippen molar-refractivity contribution >= 4 is 29.1 Å². The highest BCUT2D eigenvalue weighted by Crippen LogP contribution is 2.19. The lowest BCUT2D eigenvalue weighted by atomic mass is 10.1. The Balaban J connectivity index is 0.00000560. The van der Waals surface area contributed by atoms with Crippen molar-refractivity contribution in [3.05, 3.63) is 70.5 Å². The predicted octanol–water partition coefficient (Wildman–Crippen LogP) is 1.15. The van der Waals surface area contributed by atoms with Gasteiger partial charge in [-0.2, -0.15) is 0 Å². The van der Waals surface area contributed by atoms with Gasteiger partial charge in [0.1, 0.15) is 11.5 Å². The lowest BCUT2D eigenvalue weighted by Gasteiger charge is -2.37. The van der Waals surface area contributed by atoms with Crippen molar-refractivity contribution in [2.24, 2.45) is 0 Å². The lowest BCUT2D eigenvalue weighted by molar-refractivity contribution is -0.910. The number of nitrogens with one attached hydrogen (secondary N) is 1. The second-order valence-electron chi connectivity index (χ2n) is 10.2. The number of nitrogen functional groups attached to an aromatic ring is 2. The van der Waals surface area contributed by atoms with Crippen LogP contribution in [0.15, 0.2) is 48.5 Å². The normalized spacial score (nSPS) is 11.8. The second kappa shape index (κ2) is 15.5. The summed E-state index contributed by atoms with van der Waals surface area (Å²) in [5, 5.41) is 2.97. The van der Waals surface area contributed by atoms with E-state index in [4.69, 9.17) is 32.5 Å². The van der Waals surface area contributed by atoms with Gasteiger partial charge in [0.25, 0.3) is 5.91 Å². The Labute approximate surface area is 248 Å². The molecule has 3 aromatic rings. The summed E-state index contributed by atoms with van der Waals surface area (Å²) in [5.74, 6) is 1.25. The van der Waals surface area contributed by atoms with E-state index in [9.17, 15) is 4.79 Å². The summed E-state index contributed by atoms with van der Waals surface area (Å²) in [4.78, 5) is 20.9. The van der Waals surface area contributed by atoms with Crippen molar-refractivity contribution in [3.63, 3.8) is 0 Å². The van der Waals surface area contributed by atoms with E-state index in [2.05, 4.69) is 46.6 Å². The molecular weight excluding hydrogens is 551 g/mol. The first kappa shape index (κ1) is 32.9. The van der Waals surface area contributed by atoms with Crippen LogP contribution in [-0.4, -0.2) is 67.3 Å². The Kier molecular flexibility index (Phi) is 12.8. The van der Waals surface area contributed by atoms with Gasteiger partial charge in [-0.3, -0.25) is 4.79 Å². The number of quaternary nitrogens is 1. The number of nitrogens with two attached hydrogens (primary N) is 2. The molecule has 0 saturated carbocycles. The highest BCUT2D eigenvalue weighted by Gasteiger charge is 2.26. The van der Waals surface area contributed by atoms with E-state index in [0.717, 1.165) is 61.3 Å². The van der Waals surface area contributed by atoms with Crippen LogP contribution in [0.5, 0.6) is 11.5 Å². The molecular formula is C29H40Cl2N6O3. The summed E-state index contributed by atoms with van der Waals surface area (Å²) in [6.07, 6.45) is 3.95. The molecule has 40 heavy (non-hydrogen) atoms. The number of nitrogens with zero attached hydrogens (tertiary/aromatic N) is 3. The van der Waals surface area contributed by atoms with E-state index in [1.165, 1.54) is 11.1 Å². The largest absolute Gasteiger partial charge is 1.00 e. The number of benzene rings is 2. The minimum atomic E-state index is -0.419. The molecule has 9 nitrogen and oxygen atoms in total. The van der Waals surface area contributed by atoms with Crippen LogP contribution < -0.4 is 38.7 Å². The SMILES string of the molecule is COc1ccc(CCC[N+](C)(CCCc2ccc(OC)cc2)CC(C)NC(=O)c2nc(Cl)c(N)nc2N)cc1.[Cl-]. The molecule has 0 aliphatic carbocycles. The molecule has 0 fully saturated rings. The summed E-state index contributed by atoms with van der Waals surface area (Å²) < 4.78 is 11.4. The molecule has 1 aromatic heterocycles. The Morgan fingerprint density at radius 3 is 1.82 bits per heavy atom. The fraction of sp³-hybridized carbons (Fsp3) is 0.414. The van der Waals surface area contributed by atoms with Crippen molar-refractivity contribution < 1.29 is 31.2 Å². The monoisotopic (exact) mass is 590 g/mol. The molecule has 3 rings (SSSR count). The number of ether oxygens (including phenoxy) is 2. The van der Waals surface area contributed by atoms with Gasteiger partial charge in [0.05, 0.1) is 46.9 Å². The van der Waals surface area contributed by atoms with Crippen molar-refractivity contribution in [1.29, 1.82) is 0 Å². The van der Waals surface area contributed by atoms with Crippen LogP contribution in [0.25, 0.3) is 0 Å². The molecule has 1 amide bonds. The highest BCUT2D eigenvalue weighted by molar-refractivity contribution is 6.31. The molecule has 1 unspecified atom stereocenters. The standard InChI is InChI=1S/C29H39ClN6O3.ClH/c1-20(33-29(37)25-27(31)35-28(32)26(30)34-25)19-36(2,17-5-7-21-9-13-23(38-3)14-10-21)18-6-8-22-11-15-24(39-4)16-12-22;/h9-16,20H,5-8,17-19H2,1-4H3,(H4-,31,32,33,35,37);1H. The number of methoxy groups -OCH3 is 2. The van der Waals surface area contributed by atoms with Crippen molar-refractivity contribution in [1.82, 2.24) is 15.3 Å². The topological polar surface area (TPSA) is 125 Å². The van der Waals surface area contributed by atoms with E-state index in [1.54, 1.807) is 14.2 Å². The maximum atomic E-state index is 12.9. The maximum Gasteiger partial charge on any atom is 0.274 e. The molecule has 11 heteroatoms. The van der Waals surface area contributed by atoms with Crippen LogP contribution in [0.3, 0.4) is 0 Å². The van der Waals surface area contributed by atoms with Crippen molar-refractivity contribution in [3.8, 4) is 11.5 Å². The third kappa shape index (κ3) is 9.73. The Bertz CT molecular complexity index is 1170. The van der Waals surface area contributed by atoms with Crippen LogP contribution in [0, 0.1) is 0 Å². The van der Waals surface area contributed by atoms with Crippen LogP contribution in [-0.2, 0) is 12.8 Å². The van der Waals surface area contributed by atoms with Gasteiger partial charge in [-0.25, -0.2) is 9.97 Å². The molecule has 218 valence electrons. The van der Waals surface area contributed by atoms with Gasteiger partial charge in [-0.05, 0) is 55.2 Å². The number of hydrogen-bond acceptors (Lipinski definition) is 7. The number of rotatable bonds is 14. The first-order valence-corrected chi connectivity index (χ1v) is 13.5. The average molecular weight is 592 g/mol. The maximum absolute atomic E-state index is 12.9. The lowest BCUT2D eigenvalue weighted by Crippen LogP contribution is -3.00. The zero-order valence-electron chi connectivity index (χ0n) is 23.6. The van der Waals surface area contributed by atoms with E-state index in [1.807, 2.05) is 31.2 Å². The summed E-state index contributed by atoms with van der Waals surface area (Å²) in [5.41, 5.74) is 14.1. The fourth-order valence-electron chi connectivity index (χ4n) is 4.82. The number of halogens is 2. The fourth-order valence-corrected chi connectivity index (χ4v) is 4.94. The van der Waals surface area contributed by atoms with Crippen LogP contribution in [0.4, 0.5) is 11.6 Å². The zero-order valence-corrected chi connectivity index (χ0v) is 25.1. The van der Waals surface area contributed by atoms with Crippen LogP contribution >= 0.6 is 11.6 Å². The first-order valence-electron chi connectivity index (χ1n) is 13.1. The summed E-state index contributed by atoms with van der Waals surface area (Å²) >= 11 is 5.97. The van der Waals surface area contributed by atoms with Gasteiger partial charge in [-0.15, -0.1) is 0 Å². The minimum absolute atomic E-state index is 0. The molecule has 1 atom stereocenters. The van der Waals surface area contributed by atoms with E-state index in [-0.39, 0.29) is 40.9 Å². The number of carbonyl (C=O) groups is 1. The van der Waals surface area contributed by atoms with Gasteiger partial charge in [-0.1, -0.05) is 35.9 Å². The summed E-state index contributed by atoms with van der Waals surface area (Å²) in [7, 11) is 5.60. The van der Waals surface area contributed by atoms with Crippen LogP contribution in [0.2, 0.25) is 5.15 Å². The number of aromatic nitrogens is 2. The molecule has 0 aliphatic rings. The van der Waals surface area contributed by atoms with E-state index < -0.39 is 5.91 Å². The zero-order chi connectivity index (χ0) is 28.4. The van der Waals surface area contributed by atoms with Gasteiger partial charge < -0.3 is 43.1 Å². The predicted molar refractivity (Wildman–Crippen MR) is 156 cm³/mol. The number of amides is 1. The van der Waals surface area contributed by atoms with Crippen molar-refractivity contribution in [2.75, 3.05) is 52.4 Å². The van der Waals surface area contributed by atoms with Crippen LogP contribution in [0.1, 0.15) is 41.4 Å². The van der Waals surface area contributed by atoms with Gasteiger partial charge in [0, 0.05) is 12.8 Å². The van der Waals surface area contributed by atoms with E-state index in [0.29, 0.717) is 0 Å². The van der Waals surface area contributed by atoms with Gasteiger partial charge in [0.15, 0.2) is 22.5 Å². The quantitative estimate of drug-likeness (QED) is 0.240. The summed E-state index contributed by atoms with van der Waals surface area (Å²) in [6, 6.07) is 16.3. The molecule has 0 saturated heterocycles. The molecule has 2 aromatic carbocycles. The number of carbonyl (C=O) groups excluding carboxylic acids is 1. The van der Waals surface area contributed by atoms with E-state index >= 15 is 0 Å². The third-order valence-corrected chi connectivity index (χ3v) is 7.14. The Morgan fingerprint density at radius 2 is 1.38 bits per heavy atom. The molecule has 5 N–H and O–H groups in total. The van der Waals surface area contributed by atoms with Gasteiger partial charge in [0.2, 0.25) is 0 Å². The molecule has 0 bridgehead atoms. The summed E-state index contributed by atoms with van der Waals surface area (Å²) in [6.45, 7) is 4.66. The number of hydrogen-bond donors (Lipinski definition) is 3. The number of likely N-dealkylation sites (N-methyl/N-ethyl adjacent to an activating group) is 1. The molecule has 0 spiro atoms. The van der Waals surface area contributed by atoms with Gasteiger partial charge >= 0.3 is 0 Å². The smallest absolute Gasteiger partial charge is 0.274 e. The first-order chi connectivity index (χ1) is 18.6. The molecule has 1 heterocycles. The number of aryl methyl sites for hydroxylation is 2. The molecule has 0 aliphatic heterocycles. The Morgan fingerprint density at radius 1 is 0.900 bits per heavy atom. The molecule has 0 radical (unpaired) electrons.